The zero-order valence-corrected chi connectivity index (χ0v) is 11.3. The molecule has 0 amide bonds. The van der Waals surface area contributed by atoms with Crippen LogP contribution in [0.4, 0.5) is 25.8 Å². The van der Waals surface area contributed by atoms with Crippen molar-refractivity contribution in [3.05, 3.63) is 73.8 Å². The average Bonchev–Trinajstić information content (AvgIpc) is 2.49. The lowest BCUT2D eigenvalue weighted by Crippen LogP contribution is -1.99. The van der Waals surface area contributed by atoms with E-state index in [9.17, 15) is 29.0 Å². The van der Waals surface area contributed by atoms with Crippen LogP contribution in [0.3, 0.4) is 0 Å². The van der Waals surface area contributed by atoms with E-state index in [1.807, 2.05) is 0 Å². The van der Waals surface area contributed by atoms with Gasteiger partial charge in [0.25, 0.3) is 5.69 Å². The van der Waals surface area contributed by atoms with Gasteiger partial charge in [0.1, 0.15) is 17.3 Å². The molecule has 0 saturated carbocycles. The molecule has 1 N–H and O–H groups in total. The molecule has 8 nitrogen and oxygen atoms in total. The second-order valence-corrected chi connectivity index (χ2v) is 4.25. The number of non-ortho nitro benzene ring substituents is 1. The number of nitro benzene ring substituents is 2. The Kier molecular flexibility index (Phi) is 4.55. The fourth-order valence-electron chi connectivity index (χ4n) is 1.66. The van der Waals surface area contributed by atoms with E-state index in [1.54, 1.807) is 0 Å². The molecule has 0 aromatic heterocycles. The third-order valence-electron chi connectivity index (χ3n) is 2.74. The van der Waals surface area contributed by atoms with Crippen LogP contribution in [-0.4, -0.2) is 16.1 Å². The van der Waals surface area contributed by atoms with Crippen LogP contribution in [0.1, 0.15) is 5.56 Å². The van der Waals surface area contributed by atoms with Crippen LogP contribution >= 0.6 is 0 Å². The van der Waals surface area contributed by atoms with Crippen molar-refractivity contribution < 1.29 is 18.6 Å². The van der Waals surface area contributed by atoms with Crippen molar-refractivity contribution in [2.75, 3.05) is 5.43 Å². The maximum Gasteiger partial charge on any atom is 0.301 e. The highest BCUT2D eigenvalue weighted by molar-refractivity contribution is 5.81. The van der Waals surface area contributed by atoms with E-state index in [-0.39, 0.29) is 11.3 Å². The molecule has 0 aliphatic rings. The highest BCUT2D eigenvalue weighted by Gasteiger charge is 2.19. The summed E-state index contributed by atoms with van der Waals surface area (Å²) in [6.45, 7) is 0. The minimum Gasteiger partial charge on any atom is -0.272 e. The number of halogens is 2. The van der Waals surface area contributed by atoms with E-state index in [1.165, 1.54) is 0 Å². The Morgan fingerprint density at radius 1 is 1.04 bits per heavy atom. The molecule has 0 bridgehead atoms. The summed E-state index contributed by atoms with van der Waals surface area (Å²) in [4.78, 5) is 19.9. The van der Waals surface area contributed by atoms with Crippen molar-refractivity contribution in [3.63, 3.8) is 0 Å². The van der Waals surface area contributed by atoms with Gasteiger partial charge in [0.15, 0.2) is 0 Å². The van der Waals surface area contributed by atoms with Crippen molar-refractivity contribution in [1.82, 2.24) is 0 Å². The number of anilines is 1. The number of rotatable bonds is 5. The largest absolute Gasteiger partial charge is 0.301 e. The van der Waals surface area contributed by atoms with Crippen molar-refractivity contribution in [2.45, 2.75) is 0 Å². The average molecular weight is 322 g/mol. The van der Waals surface area contributed by atoms with E-state index < -0.39 is 32.9 Å². The number of hydrazone groups is 1. The molecule has 0 atom stereocenters. The van der Waals surface area contributed by atoms with Gasteiger partial charge in [-0.3, -0.25) is 25.7 Å². The fourth-order valence-corrected chi connectivity index (χ4v) is 1.66. The molecule has 10 heteroatoms. The molecule has 0 radical (unpaired) electrons. The lowest BCUT2D eigenvalue weighted by Gasteiger charge is -2.02. The molecular formula is C13H8F2N4O4. The summed E-state index contributed by atoms with van der Waals surface area (Å²) in [5.74, 6) is -1.60. The summed E-state index contributed by atoms with van der Waals surface area (Å²) >= 11 is 0. The maximum absolute atomic E-state index is 13.4. The number of nitro groups is 2. The molecule has 0 fully saturated rings. The molecule has 0 unspecified atom stereocenters. The first-order valence-electron chi connectivity index (χ1n) is 6.05. The second kappa shape index (κ2) is 6.56. The molecule has 0 saturated heterocycles. The molecule has 0 aliphatic heterocycles. The van der Waals surface area contributed by atoms with Gasteiger partial charge in [0, 0.05) is 17.7 Å². The molecule has 0 spiro atoms. The van der Waals surface area contributed by atoms with Crippen LogP contribution in [0.15, 0.2) is 41.5 Å². The Bertz CT molecular complexity index is 811. The van der Waals surface area contributed by atoms with Crippen molar-refractivity contribution >= 4 is 23.3 Å². The maximum atomic E-state index is 13.4. The quantitative estimate of drug-likeness (QED) is 0.516. The lowest BCUT2D eigenvalue weighted by atomic mass is 10.2. The standard InChI is InChI=1S/C13H8F2N4O4/c14-9-2-1-8(11(15)5-9)7-16-17-12-4-3-10(18(20)21)6-13(12)19(22)23/h1-7,17H/b16-7-. The van der Waals surface area contributed by atoms with Crippen LogP contribution < -0.4 is 5.43 Å². The van der Waals surface area contributed by atoms with Gasteiger partial charge in [-0.1, -0.05) is 0 Å². The van der Waals surface area contributed by atoms with Crippen LogP contribution in [0, 0.1) is 31.9 Å². The van der Waals surface area contributed by atoms with Crippen LogP contribution in [0.25, 0.3) is 0 Å². The second-order valence-electron chi connectivity index (χ2n) is 4.25. The van der Waals surface area contributed by atoms with Crippen molar-refractivity contribution in [2.24, 2.45) is 5.10 Å². The molecule has 23 heavy (non-hydrogen) atoms. The number of benzene rings is 2. The smallest absolute Gasteiger partial charge is 0.272 e. The molecule has 0 aliphatic carbocycles. The Labute approximate surface area is 127 Å². The van der Waals surface area contributed by atoms with Gasteiger partial charge in [-0.15, -0.1) is 0 Å². The number of nitrogens with zero attached hydrogens (tertiary/aromatic N) is 3. The van der Waals surface area contributed by atoms with Crippen LogP contribution in [0.5, 0.6) is 0 Å². The van der Waals surface area contributed by atoms with Gasteiger partial charge in [-0.2, -0.15) is 5.10 Å². The molecule has 0 heterocycles. The summed E-state index contributed by atoms with van der Waals surface area (Å²) in [5, 5.41) is 25.1. The summed E-state index contributed by atoms with van der Waals surface area (Å²) < 4.78 is 26.1. The van der Waals surface area contributed by atoms with Crippen molar-refractivity contribution in [1.29, 1.82) is 0 Å². The third-order valence-corrected chi connectivity index (χ3v) is 2.74. The number of nitrogens with one attached hydrogen (secondary N) is 1. The summed E-state index contributed by atoms with van der Waals surface area (Å²) in [6.07, 6.45) is 1.000. The predicted molar refractivity (Wildman–Crippen MR) is 77.3 cm³/mol. The minimum absolute atomic E-state index is 0.0385. The highest BCUT2D eigenvalue weighted by atomic mass is 19.1. The first-order chi connectivity index (χ1) is 10.9. The molecular weight excluding hydrogens is 314 g/mol. The molecule has 2 aromatic carbocycles. The van der Waals surface area contributed by atoms with E-state index >= 15 is 0 Å². The molecule has 118 valence electrons. The fraction of sp³-hybridized carbons (Fsp3) is 0. The number of hydrogen-bond acceptors (Lipinski definition) is 6. The first kappa shape index (κ1) is 15.9. The summed E-state index contributed by atoms with van der Waals surface area (Å²) in [7, 11) is 0. The van der Waals surface area contributed by atoms with Gasteiger partial charge in [-0.25, -0.2) is 8.78 Å². The van der Waals surface area contributed by atoms with E-state index in [0.717, 1.165) is 36.5 Å². The van der Waals surface area contributed by atoms with Crippen LogP contribution in [0.2, 0.25) is 0 Å². The zero-order valence-electron chi connectivity index (χ0n) is 11.3. The zero-order chi connectivity index (χ0) is 17.0. The Morgan fingerprint density at radius 3 is 2.39 bits per heavy atom. The molecule has 2 aromatic rings. The SMILES string of the molecule is O=[N+]([O-])c1ccc(N/N=C\c2ccc(F)cc2F)c([N+](=O)[O-])c1. The summed E-state index contributed by atoms with van der Waals surface area (Å²) in [5.41, 5.74) is 1.14. The van der Waals surface area contributed by atoms with Gasteiger partial charge in [0.2, 0.25) is 0 Å². The monoisotopic (exact) mass is 322 g/mol. The first-order valence-corrected chi connectivity index (χ1v) is 6.05. The summed E-state index contributed by atoms with van der Waals surface area (Å²) in [6, 6.07) is 5.77. The molecule has 2 rings (SSSR count). The normalized spacial score (nSPS) is 10.7. The van der Waals surface area contributed by atoms with Gasteiger partial charge < -0.3 is 0 Å². The van der Waals surface area contributed by atoms with Crippen molar-refractivity contribution in [3.8, 4) is 0 Å². The van der Waals surface area contributed by atoms with E-state index in [2.05, 4.69) is 10.5 Å². The third kappa shape index (κ3) is 3.81. The minimum atomic E-state index is -0.853. The van der Waals surface area contributed by atoms with E-state index in [4.69, 9.17) is 0 Å². The Hall–Kier alpha value is -3.43. The predicted octanol–water partition coefficient (Wildman–Crippen LogP) is 3.23. The van der Waals surface area contributed by atoms with E-state index in [0.29, 0.717) is 6.07 Å². The van der Waals surface area contributed by atoms with Crippen LogP contribution in [-0.2, 0) is 0 Å². The topological polar surface area (TPSA) is 111 Å². The van der Waals surface area contributed by atoms with Gasteiger partial charge in [-0.05, 0) is 18.2 Å². The lowest BCUT2D eigenvalue weighted by molar-refractivity contribution is -0.393. The van der Waals surface area contributed by atoms with Gasteiger partial charge >= 0.3 is 5.69 Å². The number of hydrogen-bond donors (Lipinski definition) is 1. The Morgan fingerprint density at radius 2 is 1.78 bits per heavy atom. The Balaban J connectivity index is 2.24. The van der Waals surface area contributed by atoms with Gasteiger partial charge in [0.05, 0.1) is 22.1 Å². The highest BCUT2D eigenvalue weighted by Crippen LogP contribution is 2.28.